The molecule has 0 N–H and O–H groups in total. The van der Waals surface area contributed by atoms with Crippen LogP contribution < -0.4 is 14.4 Å². The molecule has 0 fully saturated rings. The van der Waals surface area contributed by atoms with Gasteiger partial charge in [0.15, 0.2) is 0 Å². The molecule has 1 heterocycles. The first kappa shape index (κ1) is 44.1. The Balaban J connectivity index is 1.66. The lowest BCUT2D eigenvalue weighted by molar-refractivity contribution is 0.0356. The van der Waals surface area contributed by atoms with Crippen molar-refractivity contribution in [3.05, 3.63) is 94.1 Å². The van der Waals surface area contributed by atoms with Crippen LogP contribution in [0.1, 0.15) is 57.7 Å². The van der Waals surface area contributed by atoms with Crippen LogP contribution in [0.4, 0.5) is 19.4 Å². The molecule has 0 radical (unpaired) electrons. The Kier molecular flexibility index (Phi) is 14.8. The number of rotatable bonds is 18. The zero-order valence-electron chi connectivity index (χ0n) is 31.9. The van der Waals surface area contributed by atoms with Crippen LogP contribution in [0.3, 0.4) is 0 Å². The van der Waals surface area contributed by atoms with Crippen molar-refractivity contribution in [1.29, 1.82) is 0 Å². The number of carbonyl (C=O) groups is 1. The summed E-state index contributed by atoms with van der Waals surface area (Å²) in [5.74, 6) is 0.944. The largest absolute Gasteiger partial charge is 0.497 e. The summed E-state index contributed by atoms with van der Waals surface area (Å²) in [6, 6.07) is 18.1. The molecule has 0 bridgehead atoms. The van der Waals surface area contributed by atoms with E-state index in [4.69, 9.17) is 23.3 Å². The van der Waals surface area contributed by atoms with E-state index >= 15 is 8.78 Å². The van der Waals surface area contributed by atoms with E-state index in [1.807, 2.05) is 0 Å². The highest BCUT2D eigenvalue weighted by Crippen LogP contribution is 2.67. The van der Waals surface area contributed by atoms with Gasteiger partial charge in [0, 0.05) is 41.3 Å². The first-order chi connectivity index (χ1) is 25.9. The molecule has 0 unspecified atom stereocenters. The molecule has 4 aromatic rings. The van der Waals surface area contributed by atoms with Crippen LogP contribution in [0.5, 0.6) is 11.5 Å². The van der Waals surface area contributed by atoms with Gasteiger partial charge in [0.05, 0.1) is 33.2 Å². The Morgan fingerprint density at radius 2 is 1.38 bits per heavy atom. The fourth-order valence-corrected chi connectivity index (χ4v) is 9.26. The molecule has 0 aliphatic rings. The van der Waals surface area contributed by atoms with Crippen LogP contribution in [-0.2, 0) is 47.1 Å². The standard InChI is InChI=1S/C38H47BrF2N3O9PS/c1-8-51-54(46,52-9-2)38(40,41)33-21-29-23-35(42-24-30(29)22-34(33)39)44(36(45)53-37(3,4)5)19-10-20-55(47,48)43(25-27-11-15-31(49-6)16-12-27)26-28-13-17-32(50-7)18-14-28/h11-18,21-24H,8-10,19-20,25-26H2,1-7H3. The van der Waals surface area contributed by atoms with Gasteiger partial charge >= 0.3 is 19.4 Å². The van der Waals surface area contributed by atoms with Crippen LogP contribution >= 0.6 is 23.5 Å². The lowest BCUT2D eigenvalue weighted by Gasteiger charge is -2.28. The van der Waals surface area contributed by atoms with Crippen molar-refractivity contribution in [2.75, 3.05) is 44.6 Å². The maximum absolute atomic E-state index is 15.9. The van der Waals surface area contributed by atoms with Crippen LogP contribution in [-0.4, -0.2) is 69.1 Å². The number of benzene rings is 3. The van der Waals surface area contributed by atoms with Gasteiger partial charge in [-0.25, -0.2) is 18.2 Å². The third kappa shape index (κ3) is 11.2. The van der Waals surface area contributed by atoms with E-state index in [0.717, 1.165) is 17.2 Å². The number of fused-ring (bicyclic) bond motifs is 1. The normalized spacial score (nSPS) is 12.6. The smallest absolute Gasteiger partial charge is 0.416 e. The predicted molar refractivity (Wildman–Crippen MR) is 211 cm³/mol. The van der Waals surface area contributed by atoms with E-state index in [0.29, 0.717) is 16.9 Å². The van der Waals surface area contributed by atoms with Crippen molar-refractivity contribution in [3.63, 3.8) is 0 Å². The zero-order chi connectivity index (χ0) is 40.6. The minimum Gasteiger partial charge on any atom is -0.497 e. The van der Waals surface area contributed by atoms with Crippen molar-refractivity contribution in [1.82, 2.24) is 9.29 Å². The number of nitrogens with zero attached hydrogens (tertiary/aromatic N) is 3. The van der Waals surface area contributed by atoms with Crippen LogP contribution in [0.15, 0.2) is 77.4 Å². The average molecular weight is 871 g/mol. The summed E-state index contributed by atoms with van der Waals surface area (Å²) in [6.07, 6.45) is 0.546. The summed E-state index contributed by atoms with van der Waals surface area (Å²) >= 11 is 3.17. The molecule has 17 heteroatoms. The average Bonchev–Trinajstić information content (AvgIpc) is 3.12. The van der Waals surface area contributed by atoms with Gasteiger partial charge in [-0.05, 0) is 100 Å². The number of aromatic nitrogens is 1. The van der Waals surface area contributed by atoms with Crippen molar-refractivity contribution >= 4 is 56.2 Å². The molecule has 4 rings (SSSR count). The van der Waals surface area contributed by atoms with Gasteiger partial charge in [0.2, 0.25) is 10.0 Å². The Bertz CT molecular complexity index is 2020. The second-order valence-electron chi connectivity index (χ2n) is 13.4. The molecule has 0 spiro atoms. The maximum atomic E-state index is 15.9. The van der Waals surface area contributed by atoms with E-state index in [1.54, 1.807) is 83.5 Å². The Hall–Kier alpha value is -3.66. The summed E-state index contributed by atoms with van der Waals surface area (Å²) in [5, 5.41) is 0.658. The van der Waals surface area contributed by atoms with E-state index in [9.17, 15) is 17.8 Å². The molecule has 0 saturated carbocycles. The highest BCUT2D eigenvalue weighted by Gasteiger charge is 2.55. The van der Waals surface area contributed by atoms with Gasteiger partial charge in [-0.15, -0.1) is 0 Å². The van der Waals surface area contributed by atoms with Crippen molar-refractivity contribution in [2.24, 2.45) is 0 Å². The first-order valence-corrected chi connectivity index (χ1v) is 21.4. The highest BCUT2D eigenvalue weighted by atomic mass is 79.9. The fourth-order valence-electron chi connectivity index (χ4n) is 5.49. The molecular weight excluding hydrogens is 823 g/mol. The molecule has 55 heavy (non-hydrogen) atoms. The number of pyridine rings is 1. The second kappa shape index (κ2) is 18.5. The molecule has 3 aromatic carbocycles. The molecule has 1 amide bonds. The number of carbonyl (C=O) groups excluding carboxylic acids is 1. The first-order valence-electron chi connectivity index (χ1n) is 17.5. The Morgan fingerprint density at radius 3 is 1.85 bits per heavy atom. The Labute approximate surface area is 329 Å². The SMILES string of the molecule is CCOP(=O)(OCC)C(F)(F)c1cc2cc(N(CCCS(=O)(=O)N(Cc3ccc(OC)cc3)Cc3ccc(OC)cc3)C(=O)OC(C)(C)C)ncc2cc1Br. The van der Waals surface area contributed by atoms with Gasteiger partial charge in [-0.2, -0.15) is 13.1 Å². The molecule has 0 atom stereocenters. The van der Waals surface area contributed by atoms with Gasteiger partial charge < -0.3 is 23.3 Å². The number of ether oxygens (including phenoxy) is 3. The van der Waals surface area contributed by atoms with E-state index in [-0.39, 0.29) is 60.7 Å². The van der Waals surface area contributed by atoms with E-state index in [1.165, 1.54) is 41.4 Å². The molecule has 1 aromatic heterocycles. The van der Waals surface area contributed by atoms with Gasteiger partial charge in [0.1, 0.15) is 22.9 Å². The van der Waals surface area contributed by atoms with Crippen LogP contribution in [0.2, 0.25) is 0 Å². The lowest BCUT2D eigenvalue weighted by Crippen LogP contribution is -2.39. The molecule has 0 aliphatic carbocycles. The maximum Gasteiger partial charge on any atom is 0.416 e. The summed E-state index contributed by atoms with van der Waals surface area (Å²) in [4.78, 5) is 19.2. The van der Waals surface area contributed by atoms with Gasteiger partial charge in [-0.1, -0.05) is 40.2 Å². The molecule has 0 aliphatic heterocycles. The third-order valence-corrected chi connectivity index (χ3v) is 12.8. The summed E-state index contributed by atoms with van der Waals surface area (Å²) in [5.41, 5.74) is -4.14. The number of hydrogen-bond acceptors (Lipinski definition) is 10. The zero-order valence-corrected chi connectivity index (χ0v) is 35.2. The van der Waals surface area contributed by atoms with Gasteiger partial charge in [-0.3, -0.25) is 9.46 Å². The number of alkyl halides is 2. The molecule has 12 nitrogen and oxygen atoms in total. The van der Waals surface area contributed by atoms with Crippen LogP contribution in [0.25, 0.3) is 10.8 Å². The number of sulfonamides is 1. The van der Waals surface area contributed by atoms with Crippen molar-refractivity contribution in [2.45, 2.75) is 65.4 Å². The number of methoxy groups -OCH3 is 2. The number of hydrogen-bond donors (Lipinski definition) is 0. The molecular formula is C38H47BrF2N3O9PS. The second-order valence-corrected chi connectivity index (χ2v) is 18.4. The number of amides is 1. The van der Waals surface area contributed by atoms with Gasteiger partial charge in [0.25, 0.3) is 0 Å². The number of halogens is 3. The lowest BCUT2D eigenvalue weighted by atomic mass is 10.1. The quantitative estimate of drug-likeness (QED) is 0.0891. The highest BCUT2D eigenvalue weighted by molar-refractivity contribution is 9.10. The minimum absolute atomic E-state index is 0.0292. The van der Waals surface area contributed by atoms with Crippen LogP contribution in [0, 0.1) is 0 Å². The third-order valence-electron chi connectivity index (χ3n) is 8.16. The predicted octanol–water partition coefficient (Wildman–Crippen LogP) is 9.49. The summed E-state index contributed by atoms with van der Waals surface area (Å²) in [7, 11) is -5.80. The number of anilines is 1. The summed E-state index contributed by atoms with van der Waals surface area (Å²) in [6.45, 7) is 7.37. The Morgan fingerprint density at radius 1 is 0.855 bits per heavy atom. The monoisotopic (exact) mass is 869 g/mol. The van der Waals surface area contributed by atoms with Crippen molar-refractivity contribution in [3.8, 4) is 11.5 Å². The van der Waals surface area contributed by atoms with E-state index < -0.39 is 40.5 Å². The fraction of sp³-hybridized carbons (Fsp3) is 0.421. The molecule has 0 saturated heterocycles. The van der Waals surface area contributed by atoms with E-state index in [2.05, 4.69) is 20.9 Å². The molecule has 300 valence electrons. The van der Waals surface area contributed by atoms with Crippen molar-refractivity contribution < 1.29 is 49.8 Å². The summed E-state index contributed by atoms with van der Waals surface area (Å²) < 4.78 is 101. The topological polar surface area (TPSA) is 134 Å². The minimum atomic E-state index is -4.95.